The number of rotatable bonds is 7. The molecule has 0 amide bonds. The summed E-state index contributed by atoms with van der Waals surface area (Å²) in [5.74, 6) is 1.42. The second-order valence-electron chi connectivity index (χ2n) is 7.24. The Kier molecular flexibility index (Phi) is 6.66. The van der Waals surface area contributed by atoms with Crippen LogP contribution in [-0.4, -0.2) is 87.8 Å². The second-order valence-corrected chi connectivity index (χ2v) is 9.32. The Morgan fingerprint density at radius 2 is 1.70 bits per heavy atom. The van der Waals surface area contributed by atoms with Crippen LogP contribution in [0, 0.1) is 0 Å². The number of para-hydroxylation sites is 1. The largest absolute Gasteiger partial charge is 0.492 e. The summed E-state index contributed by atoms with van der Waals surface area (Å²) in [5.41, 5.74) is 1.02. The Morgan fingerprint density at radius 1 is 0.967 bits per heavy atom. The van der Waals surface area contributed by atoms with E-state index in [2.05, 4.69) is 20.0 Å². The molecule has 2 aliphatic rings. The first-order chi connectivity index (χ1) is 14.6. The molecule has 0 N–H and O–H groups in total. The number of aromatic nitrogens is 2. The quantitative estimate of drug-likeness (QED) is 0.635. The van der Waals surface area contributed by atoms with Crippen LogP contribution in [0.2, 0.25) is 0 Å². The van der Waals surface area contributed by atoms with Gasteiger partial charge in [0.25, 0.3) is 0 Å². The zero-order valence-corrected chi connectivity index (χ0v) is 17.7. The smallest absolute Gasteiger partial charge is 0.217 e. The molecule has 0 unspecified atom stereocenters. The first-order valence-electron chi connectivity index (χ1n) is 10.2. The van der Waals surface area contributed by atoms with Gasteiger partial charge in [-0.2, -0.15) is 9.40 Å². The van der Waals surface area contributed by atoms with Crippen molar-refractivity contribution in [3.8, 4) is 5.75 Å². The molecule has 1 aromatic carbocycles. The predicted molar refractivity (Wildman–Crippen MR) is 115 cm³/mol. The van der Waals surface area contributed by atoms with Crippen LogP contribution < -0.4 is 14.5 Å². The van der Waals surface area contributed by atoms with Gasteiger partial charge in [-0.1, -0.05) is 18.2 Å². The molecule has 2 saturated heterocycles. The van der Waals surface area contributed by atoms with Crippen molar-refractivity contribution in [1.82, 2.24) is 14.5 Å². The van der Waals surface area contributed by atoms with Crippen molar-refractivity contribution in [2.45, 2.75) is 0 Å². The van der Waals surface area contributed by atoms with Gasteiger partial charge in [-0.05, 0) is 12.1 Å². The lowest BCUT2D eigenvalue weighted by atomic mass is 10.3. The SMILES string of the molecule is O=S(=O)(CCOc1ccccc1)N1CCN(c2cc(N3CCOCC3)cnn2)CC1. The summed E-state index contributed by atoms with van der Waals surface area (Å²) in [4.78, 5) is 4.32. The summed E-state index contributed by atoms with van der Waals surface area (Å²) in [5, 5.41) is 8.41. The molecule has 3 heterocycles. The van der Waals surface area contributed by atoms with E-state index in [1.807, 2.05) is 36.4 Å². The minimum absolute atomic E-state index is 0.0335. The lowest BCUT2D eigenvalue weighted by Gasteiger charge is -2.35. The summed E-state index contributed by atoms with van der Waals surface area (Å²) >= 11 is 0. The van der Waals surface area contributed by atoms with Crippen molar-refractivity contribution in [2.24, 2.45) is 0 Å². The van der Waals surface area contributed by atoms with Crippen LogP contribution in [0.3, 0.4) is 0 Å². The number of ether oxygens (including phenoxy) is 2. The predicted octanol–water partition coefficient (Wildman–Crippen LogP) is 0.844. The number of hydrogen-bond donors (Lipinski definition) is 0. The highest BCUT2D eigenvalue weighted by atomic mass is 32.2. The molecule has 2 aliphatic heterocycles. The third kappa shape index (κ3) is 5.18. The molecular formula is C20H27N5O4S. The van der Waals surface area contributed by atoms with Gasteiger partial charge >= 0.3 is 0 Å². The monoisotopic (exact) mass is 433 g/mol. The average Bonchev–Trinajstić information content (AvgIpc) is 2.80. The van der Waals surface area contributed by atoms with Gasteiger partial charge in [-0.3, -0.25) is 0 Å². The third-order valence-electron chi connectivity index (χ3n) is 5.31. The number of morpholine rings is 1. The van der Waals surface area contributed by atoms with Crippen molar-refractivity contribution in [3.05, 3.63) is 42.6 Å². The first-order valence-corrected chi connectivity index (χ1v) is 11.8. The lowest BCUT2D eigenvalue weighted by Crippen LogP contribution is -2.50. The lowest BCUT2D eigenvalue weighted by molar-refractivity contribution is 0.122. The van der Waals surface area contributed by atoms with Gasteiger partial charge in [0, 0.05) is 45.3 Å². The Bertz CT molecular complexity index is 914. The van der Waals surface area contributed by atoms with Gasteiger partial charge in [0.2, 0.25) is 10.0 Å². The van der Waals surface area contributed by atoms with E-state index in [0.29, 0.717) is 45.1 Å². The average molecular weight is 434 g/mol. The van der Waals surface area contributed by atoms with Gasteiger partial charge in [-0.25, -0.2) is 8.42 Å². The number of nitrogens with zero attached hydrogens (tertiary/aromatic N) is 5. The molecule has 0 spiro atoms. The van der Waals surface area contributed by atoms with Crippen molar-refractivity contribution < 1.29 is 17.9 Å². The third-order valence-corrected chi connectivity index (χ3v) is 7.15. The molecule has 0 atom stereocenters. The van der Waals surface area contributed by atoms with Crippen LogP contribution in [-0.2, 0) is 14.8 Å². The minimum atomic E-state index is -3.36. The number of piperazine rings is 1. The molecule has 9 nitrogen and oxygen atoms in total. The summed E-state index contributed by atoms with van der Waals surface area (Å²) in [6.07, 6.45) is 1.77. The molecule has 162 valence electrons. The molecule has 2 aromatic rings. The van der Waals surface area contributed by atoms with E-state index in [1.165, 1.54) is 4.31 Å². The van der Waals surface area contributed by atoms with E-state index in [9.17, 15) is 8.42 Å². The molecule has 0 radical (unpaired) electrons. The molecule has 30 heavy (non-hydrogen) atoms. The fourth-order valence-electron chi connectivity index (χ4n) is 3.60. The van der Waals surface area contributed by atoms with Crippen molar-refractivity contribution >= 4 is 21.5 Å². The number of anilines is 2. The maximum atomic E-state index is 12.7. The molecule has 0 bridgehead atoms. The van der Waals surface area contributed by atoms with Gasteiger partial charge < -0.3 is 19.3 Å². The Labute approximate surface area is 177 Å². The van der Waals surface area contributed by atoms with Crippen molar-refractivity contribution in [1.29, 1.82) is 0 Å². The van der Waals surface area contributed by atoms with Crippen molar-refractivity contribution in [3.63, 3.8) is 0 Å². The summed E-state index contributed by atoms with van der Waals surface area (Å²) in [7, 11) is -3.36. The highest BCUT2D eigenvalue weighted by Crippen LogP contribution is 2.21. The van der Waals surface area contributed by atoms with E-state index < -0.39 is 10.0 Å². The first kappa shape index (κ1) is 20.8. The number of benzene rings is 1. The Hall–Kier alpha value is -2.43. The minimum Gasteiger partial charge on any atom is -0.492 e. The topological polar surface area (TPSA) is 88.1 Å². The summed E-state index contributed by atoms with van der Waals surface area (Å²) in [6.45, 7) is 5.25. The van der Waals surface area contributed by atoms with Crippen molar-refractivity contribution in [2.75, 3.05) is 74.6 Å². The van der Waals surface area contributed by atoms with Crippen LogP contribution in [0.4, 0.5) is 11.5 Å². The fourth-order valence-corrected chi connectivity index (χ4v) is 4.87. The van der Waals surface area contributed by atoms with Crippen LogP contribution in [0.15, 0.2) is 42.6 Å². The van der Waals surface area contributed by atoms with Crippen LogP contribution in [0.1, 0.15) is 0 Å². The Morgan fingerprint density at radius 3 is 2.43 bits per heavy atom. The van der Waals surface area contributed by atoms with Gasteiger partial charge in [-0.15, -0.1) is 5.10 Å². The van der Waals surface area contributed by atoms with E-state index in [0.717, 1.165) is 24.6 Å². The molecule has 0 saturated carbocycles. The molecule has 2 fully saturated rings. The molecule has 10 heteroatoms. The van der Waals surface area contributed by atoms with E-state index in [-0.39, 0.29) is 12.4 Å². The number of sulfonamides is 1. The second kappa shape index (κ2) is 9.59. The normalized spacial score (nSPS) is 18.4. The zero-order chi connectivity index (χ0) is 20.8. The maximum Gasteiger partial charge on any atom is 0.217 e. The molecule has 4 rings (SSSR count). The highest BCUT2D eigenvalue weighted by molar-refractivity contribution is 7.89. The molecule has 0 aliphatic carbocycles. The number of hydrogen-bond acceptors (Lipinski definition) is 8. The van der Waals surface area contributed by atoms with Gasteiger partial charge in [0.05, 0.1) is 30.9 Å². The van der Waals surface area contributed by atoms with E-state index in [1.54, 1.807) is 6.20 Å². The van der Waals surface area contributed by atoms with Crippen LogP contribution in [0.5, 0.6) is 5.75 Å². The zero-order valence-electron chi connectivity index (χ0n) is 16.9. The highest BCUT2D eigenvalue weighted by Gasteiger charge is 2.28. The van der Waals surface area contributed by atoms with Crippen LogP contribution >= 0.6 is 0 Å². The summed E-state index contributed by atoms with van der Waals surface area (Å²) in [6, 6.07) is 11.3. The van der Waals surface area contributed by atoms with Crippen LogP contribution in [0.25, 0.3) is 0 Å². The van der Waals surface area contributed by atoms with Gasteiger partial charge in [0.1, 0.15) is 12.4 Å². The maximum absolute atomic E-state index is 12.7. The fraction of sp³-hybridized carbons (Fsp3) is 0.500. The Balaban J connectivity index is 1.30. The molecular weight excluding hydrogens is 406 g/mol. The summed E-state index contributed by atoms with van der Waals surface area (Å²) < 4.78 is 37.8. The van der Waals surface area contributed by atoms with Gasteiger partial charge in [0.15, 0.2) is 5.82 Å². The van der Waals surface area contributed by atoms with E-state index >= 15 is 0 Å². The van der Waals surface area contributed by atoms with E-state index in [4.69, 9.17) is 9.47 Å². The molecule has 1 aromatic heterocycles. The standard InChI is InChI=1S/C20H27N5O4S/c26-30(27,15-14-29-19-4-2-1-3-5-19)25-8-6-24(7-9-25)20-16-18(17-21-22-20)23-10-12-28-13-11-23/h1-5,16-17H,6-15H2.